The van der Waals surface area contributed by atoms with Crippen LogP contribution in [0.4, 0.5) is 0 Å². The SMILES string of the molecule is Cc1nc(COc2cccc(C(=O)NC3CCCC(C(=O)NC(C)C)C3)c2)cs1. The van der Waals surface area contributed by atoms with Gasteiger partial charge in [0.25, 0.3) is 5.91 Å². The number of hydrogen-bond donors (Lipinski definition) is 2. The summed E-state index contributed by atoms with van der Waals surface area (Å²) in [5.74, 6) is 0.565. The van der Waals surface area contributed by atoms with E-state index in [1.165, 1.54) is 0 Å². The van der Waals surface area contributed by atoms with Gasteiger partial charge in [-0.05, 0) is 58.2 Å². The Morgan fingerprint density at radius 3 is 2.86 bits per heavy atom. The van der Waals surface area contributed by atoms with Crippen LogP contribution in [0.5, 0.6) is 5.75 Å². The van der Waals surface area contributed by atoms with Crippen molar-refractivity contribution in [3.63, 3.8) is 0 Å². The molecule has 1 aliphatic rings. The molecule has 7 heteroatoms. The Morgan fingerprint density at radius 1 is 1.31 bits per heavy atom. The van der Waals surface area contributed by atoms with E-state index in [-0.39, 0.29) is 29.8 Å². The molecule has 0 bridgehead atoms. The molecular weight excluding hydrogens is 386 g/mol. The molecule has 0 aliphatic heterocycles. The number of nitrogens with zero attached hydrogens (tertiary/aromatic N) is 1. The summed E-state index contributed by atoms with van der Waals surface area (Å²) in [6.45, 7) is 6.27. The van der Waals surface area contributed by atoms with Crippen LogP contribution >= 0.6 is 11.3 Å². The highest BCUT2D eigenvalue weighted by atomic mass is 32.1. The normalized spacial score (nSPS) is 19.0. The van der Waals surface area contributed by atoms with Crippen LogP contribution in [0.3, 0.4) is 0 Å². The number of rotatable bonds is 7. The molecule has 29 heavy (non-hydrogen) atoms. The average Bonchev–Trinajstić information content (AvgIpc) is 3.11. The number of thiazole rings is 1. The predicted molar refractivity (Wildman–Crippen MR) is 114 cm³/mol. The molecule has 0 spiro atoms. The third-order valence-electron chi connectivity index (χ3n) is 4.96. The maximum absolute atomic E-state index is 12.7. The predicted octanol–water partition coefficient (Wildman–Crippen LogP) is 3.84. The van der Waals surface area contributed by atoms with Crippen molar-refractivity contribution in [1.82, 2.24) is 15.6 Å². The van der Waals surface area contributed by atoms with Gasteiger partial charge in [-0.1, -0.05) is 12.5 Å². The van der Waals surface area contributed by atoms with Gasteiger partial charge >= 0.3 is 0 Å². The van der Waals surface area contributed by atoms with Gasteiger partial charge in [0.2, 0.25) is 5.91 Å². The lowest BCUT2D eigenvalue weighted by molar-refractivity contribution is -0.126. The number of amides is 2. The Labute approximate surface area is 176 Å². The Morgan fingerprint density at radius 2 is 2.14 bits per heavy atom. The van der Waals surface area contributed by atoms with E-state index < -0.39 is 0 Å². The first-order valence-corrected chi connectivity index (χ1v) is 11.0. The molecule has 6 nitrogen and oxygen atoms in total. The molecule has 1 aliphatic carbocycles. The van der Waals surface area contributed by atoms with Crippen molar-refractivity contribution >= 4 is 23.2 Å². The van der Waals surface area contributed by atoms with E-state index in [0.717, 1.165) is 30.0 Å². The lowest BCUT2D eigenvalue weighted by atomic mass is 9.85. The molecule has 3 rings (SSSR count). The zero-order valence-electron chi connectivity index (χ0n) is 17.2. The van der Waals surface area contributed by atoms with Crippen LogP contribution in [0, 0.1) is 12.8 Å². The third-order valence-corrected chi connectivity index (χ3v) is 5.78. The number of carbonyl (C=O) groups is 2. The quantitative estimate of drug-likeness (QED) is 0.720. The number of aromatic nitrogens is 1. The Kier molecular flexibility index (Phi) is 7.25. The van der Waals surface area contributed by atoms with Crippen molar-refractivity contribution in [3.05, 3.63) is 45.9 Å². The highest BCUT2D eigenvalue weighted by Gasteiger charge is 2.28. The van der Waals surface area contributed by atoms with Crippen LogP contribution in [0.15, 0.2) is 29.6 Å². The van der Waals surface area contributed by atoms with Gasteiger partial charge in [-0.2, -0.15) is 0 Å². The maximum atomic E-state index is 12.7. The van der Waals surface area contributed by atoms with E-state index in [0.29, 0.717) is 24.3 Å². The fourth-order valence-corrected chi connectivity index (χ4v) is 4.19. The summed E-state index contributed by atoms with van der Waals surface area (Å²) in [5, 5.41) is 9.05. The van der Waals surface area contributed by atoms with E-state index in [1.54, 1.807) is 23.5 Å². The summed E-state index contributed by atoms with van der Waals surface area (Å²) in [6, 6.07) is 7.33. The summed E-state index contributed by atoms with van der Waals surface area (Å²) in [4.78, 5) is 29.4. The smallest absolute Gasteiger partial charge is 0.251 e. The fraction of sp³-hybridized carbons (Fsp3) is 0.500. The van der Waals surface area contributed by atoms with Gasteiger partial charge in [-0.25, -0.2) is 4.98 Å². The van der Waals surface area contributed by atoms with Gasteiger partial charge in [0, 0.05) is 28.9 Å². The molecule has 2 atom stereocenters. The van der Waals surface area contributed by atoms with Gasteiger partial charge in [0.05, 0.1) is 10.7 Å². The topological polar surface area (TPSA) is 80.3 Å². The molecular formula is C22H29N3O3S. The van der Waals surface area contributed by atoms with Crippen molar-refractivity contribution in [2.24, 2.45) is 5.92 Å². The maximum Gasteiger partial charge on any atom is 0.251 e. The minimum Gasteiger partial charge on any atom is -0.487 e. The molecule has 2 N–H and O–H groups in total. The largest absolute Gasteiger partial charge is 0.487 e. The molecule has 2 aromatic rings. The minimum atomic E-state index is -0.130. The fourth-order valence-electron chi connectivity index (χ4n) is 3.59. The molecule has 1 saturated carbocycles. The van der Waals surface area contributed by atoms with Gasteiger partial charge < -0.3 is 15.4 Å². The van der Waals surface area contributed by atoms with Crippen LogP contribution in [-0.4, -0.2) is 28.9 Å². The van der Waals surface area contributed by atoms with Crippen molar-refractivity contribution < 1.29 is 14.3 Å². The lowest BCUT2D eigenvalue weighted by Crippen LogP contribution is -2.43. The molecule has 1 heterocycles. The molecule has 1 aromatic carbocycles. The number of ether oxygens (including phenoxy) is 1. The first kappa shape index (κ1) is 21.3. The summed E-state index contributed by atoms with van der Waals surface area (Å²) < 4.78 is 5.78. The Balaban J connectivity index is 1.55. The highest BCUT2D eigenvalue weighted by Crippen LogP contribution is 2.25. The van der Waals surface area contributed by atoms with Crippen LogP contribution in [-0.2, 0) is 11.4 Å². The van der Waals surface area contributed by atoms with E-state index in [9.17, 15) is 9.59 Å². The van der Waals surface area contributed by atoms with E-state index in [4.69, 9.17) is 4.74 Å². The molecule has 156 valence electrons. The van der Waals surface area contributed by atoms with E-state index >= 15 is 0 Å². The number of carbonyl (C=O) groups excluding carboxylic acids is 2. The Hall–Kier alpha value is -2.41. The standard InChI is InChI=1S/C22H29N3O3S/c1-14(2)23-21(26)16-6-4-8-18(10-16)25-22(27)17-7-5-9-20(11-17)28-12-19-13-29-15(3)24-19/h5,7,9,11,13-14,16,18H,4,6,8,10,12H2,1-3H3,(H,23,26)(H,25,27). The minimum absolute atomic E-state index is 0.0155. The van der Waals surface area contributed by atoms with Crippen LogP contribution in [0.2, 0.25) is 0 Å². The monoisotopic (exact) mass is 415 g/mol. The van der Waals surface area contributed by atoms with Crippen LogP contribution in [0.1, 0.15) is 60.6 Å². The zero-order valence-corrected chi connectivity index (χ0v) is 18.1. The zero-order chi connectivity index (χ0) is 20.8. The average molecular weight is 416 g/mol. The first-order chi connectivity index (χ1) is 13.9. The second-order valence-corrected chi connectivity index (χ2v) is 8.93. The Bertz CT molecular complexity index is 849. The van der Waals surface area contributed by atoms with Gasteiger partial charge in [0.15, 0.2) is 0 Å². The molecule has 1 fully saturated rings. The number of hydrogen-bond acceptors (Lipinski definition) is 5. The summed E-state index contributed by atoms with van der Waals surface area (Å²) >= 11 is 1.59. The molecule has 2 unspecified atom stereocenters. The second kappa shape index (κ2) is 9.87. The van der Waals surface area contributed by atoms with Gasteiger partial charge in [0.1, 0.15) is 12.4 Å². The molecule has 0 radical (unpaired) electrons. The molecule has 2 amide bonds. The van der Waals surface area contributed by atoms with Crippen molar-refractivity contribution in [1.29, 1.82) is 0 Å². The molecule has 0 saturated heterocycles. The van der Waals surface area contributed by atoms with Crippen molar-refractivity contribution in [3.8, 4) is 5.75 Å². The number of aryl methyl sites for hydroxylation is 1. The van der Waals surface area contributed by atoms with E-state index in [2.05, 4.69) is 15.6 Å². The van der Waals surface area contributed by atoms with Crippen LogP contribution < -0.4 is 15.4 Å². The van der Waals surface area contributed by atoms with Gasteiger partial charge in [-0.3, -0.25) is 9.59 Å². The first-order valence-electron chi connectivity index (χ1n) is 10.2. The number of benzene rings is 1. The summed E-state index contributed by atoms with van der Waals surface area (Å²) in [6.07, 6.45) is 3.40. The lowest BCUT2D eigenvalue weighted by Gasteiger charge is -2.29. The summed E-state index contributed by atoms with van der Waals surface area (Å²) in [5.41, 5.74) is 1.45. The van der Waals surface area contributed by atoms with E-state index in [1.807, 2.05) is 38.3 Å². The highest BCUT2D eigenvalue weighted by molar-refractivity contribution is 7.09. The third kappa shape index (κ3) is 6.29. The second-order valence-electron chi connectivity index (χ2n) is 7.87. The van der Waals surface area contributed by atoms with Gasteiger partial charge in [-0.15, -0.1) is 11.3 Å². The number of nitrogens with one attached hydrogen (secondary N) is 2. The molecule has 1 aromatic heterocycles. The van der Waals surface area contributed by atoms with Crippen LogP contribution in [0.25, 0.3) is 0 Å². The van der Waals surface area contributed by atoms with Crippen molar-refractivity contribution in [2.45, 2.75) is 65.1 Å². The summed E-state index contributed by atoms with van der Waals surface area (Å²) in [7, 11) is 0. The van der Waals surface area contributed by atoms with Crippen molar-refractivity contribution in [2.75, 3.05) is 0 Å².